The molecule has 0 aliphatic carbocycles. The third kappa shape index (κ3) is 5.72. The van der Waals surface area contributed by atoms with Crippen LogP contribution >= 0.6 is 22.9 Å². The molecule has 4 aromatic rings. The van der Waals surface area contributed by atoms with Gasteiger partial charge in [0, 0.05) is 48.0 Å². The van der Waals surface area contributed by atoms with Crippen LogP contribution in [0.4, 0.5) is 4.39 Å². The number of aromatic nitrogens is 4. The topological polar surface area (TPSA) is 145 Å². The molecule has 2 aliphatic rings. The number of oxazole rings is 1. The summed E-state index contributed by atoms with van der Waals surface area (Å²) in [5, 5.41) is 9.64. The van der Waals surface area contributed by atoms with Crippen LogP contribution in [0.3, 0.4) is 0 Å². The van der Waals surface area contributed by atoms with Gasteiger partial charge in [0.15, 0.2) is 10.8 Å². The molecule has 0 saturated carbocycles. The van der Waals surface area contributed by atoms with E-state index in [1.807, 2.05) is 0 Å². The summed E-state index contributed by atoms with van der Waals surface area (Å²) in [4.78, 5) is 26.4. The molecule has 1 N–H and O–H groups in total. The lowest BCUT2D eigenvalue weighted by atomic mass is 9.86. The van der Waals surface area contributed by atoms with Gasteiger partial charge in [-0.25, -0.2) is 27.6 Å². The van der Waals surface area contributed by atoms with E-state index in [2.05, 4.69) is 20.4 Å². The molecule has 0 spiro atoms. The van der Waals surface area contributed by atoms with Crippen LogP contribution in [0.25, 0.3) is 0 Å². The Morgan fingerprint density at radius 2 is 2.07 bits per heavy atom. The highest BCUT2D eigenvalue weighted by Crippen LogP contribution is 2.40. The quantitative estimate of drug-likeness (QED) is 0.283. The maximum atomic E-state index is 14.5. The highest BCUT2D eigenvalue weighted by Gasteiger charge is 2.39. The van der Waals surface area contributed by atoms with E-state index < -0.39 is 27.9 Å². The van der Waals surface area contributed by atoms with Crippen molar-refractivity contribution in [2.45, 2.75) is 30.3 Å². The lowest BCUT2D eigenvalue weighted by Crippen LogP contribution is -2.43. The van der Waals surface area contributed by atoms with Gasteiger partial charge in [-0.05, 0) is 18.9 Å². The molecule has 5 heterocycles. The second-order valence-electron chi connectivity index (χ2n) is 9.78. The number of nitrogens with zero attached hydrogens (tertiary/aromatic N) is 6. The van der Waals surface area contributed by atoms with Gasteiger partial charge in [-0.2, -0.15) is 9.40 Å². The number of thiazole rings is 1. The van der Waals surface area contributed by atoms with Crippen molar-refractivity contribution in [3.05, 3.63) is 93.2 Å². The van der Waals surface area contributed by atoms with Gasteiger partial charge < -0.3 is 14.5 Å². The first-order valence-corrected chi connectivity index (χ1v) is 15.9. The molecule has 1 unspecified atom stereocenters. The van der Waals surface area contributed by atoms with Crippen LogP contribution in [0.5, 0.6) is 0 Å². The Balaban J connectivity index is 1.29. The van der Waals surface area contributed by atoms with E-state index in [-0.39, 0.29) is 41.0 Å². The number of piperidine rings is 1. The standard InChI is InChI=1S/C27H25ClFN7O5S2/c1-40-27(37)21-23(33-25(26-31-8-12-42-26)34-24(21)18-3-2-4-19(29)22(18)28)16-5-9-36(10-6-16)43(38,39)17-13-32-35(14-17)15-20-30-7-11-41-20/h2-4,7-8,11-14,16,24H,5-6,9-10,15H2,1H3,(H,33,34). The molecule has 1 saturated heterocycles. The van der Waals surface area contributed by atoms with Crippen LogP contribution in [0, 0.1) is 11.7 Å². The lowest BCUT2D eigenvalue weighted by Gasteiger charge is -2.36. The van der Waals surface area contributed by atoms with Gasteiger partial charge in [0.25, 0.3) is 0 Å². The van der Waals surface area contributed by atoms with E-state index in [9.17, 15) is 17.6 Å². The molecule has 0 amide bonds. The van der Waals surface area contributed by atoms with Crippen molar-refractivity contribution >= 4 is 44.8 Å². The first-order valence-electron chi connectivity index (χ1n) is 13.2. The van der Waals surface area contributed by atoms with Crippen LogP contribution in [-0.2, 0) is 26.1 Å². The lowest BCUT2D eigenvalue weighted by molar-refractivity contribution is -0.136. The predicted molar refractivity (Wildman–Crippen MR) is 154 cm³/mol. The van der Waals surface area contributed by atoms with E-state index in [0.717, 1.165) is 0 Å². The Labute approximate surface area is 254 Å². The average molecular weight is 646 g/mol. The molecule has 1 fully saturated rings. The molecule has 1 atom stereocenters. The molecule has 0 bridgehead atoms. The third-order valence-corrected chi connectivity index (χ3v) is 10.3. The molecule has 6 rings (SSSR count). The Morgan fingerprint density at radius 3 is 2.77 bits per heavy atom. The van der Waals surface area contributed by atoms with E-state index in [0.29, 0.717) is 40.8 Å². The number of benzene rings is 1. The molecule has 12 nitrogen and oxygen atoms in total. The zero-order valence-electron chi connectivity index (χ0n) is 22.7. The van der Waals surface area contributed by atoms with Crippen molar-refractivity contribution in [1.29, 1.82) is 0 Å². The van der Waals surface area contributed by atoms with Gasteiger partial charge in [0.1, 0.15) is 29.6 Å². The number of esters is 1. The zero-order valence-corrected chi connectivity index (χ0v) is 25.1. The fourth-order valence-corrected chi connectivity index (χ4v) is 7.44. The molecule has 224 valence electrons. The Morgan fingerprint density at radius 1 is 1.26 bits per heavy atom. The van der Waals surface area contributed by atoms with Crippen molar-refractivity contribution in [1.82, 2.24) is 29.4 Å². The van der Waals surface area contributed by atoms with E-state index >= 15 is 0 Å². The van der Waals surface area contributed by atoms with Crippen molar-refractivity contribution in [2.75, 3.05) is 20.2 Å². The van der Waals surface area contributed by atoms with Gasteiger partial charge in [0.2, 0.25) is 15.9 Å². The summed E-state index contributed by atoms with van der Waals surface area (Å²) in [6.07, 6.45) is 8.09. The number of methoxy groups -OCH3 is 1. The summed E-state index contributed by atoms with van der Waals surface area (Å²) in [6.45, 7) is 0.569. The first kappa shape index (κ1) is 29.2. The fourth-order valence-electron chi connectivity index (χ4n) is 5.20. The highest BCUT2D eigenvalue weighted by atomic mass is 35.5. The number of carbonyl (C=O) groups is 1. The van der Waals surface area contributed by atoms with Gasteiger partial charge in [-0.15, -0.1) is 11.3 Å². The minimum Gasteiger partial charge on any atom is -0.466 e. The van der Waals surface area contributed by atoms with Crippen LogP contribution in [0.1, 0.15) is 35.3 Å². The molecular formula is C27H25ClFN7O5S2. The number of carbonyl (C=O) groups excluding carboxylic acids is 1. The molecule has 0 radical (unpaired) electrons. The largest absolute Gasteiger partial charge is 0.466 e. The van der Waals surface area contributed by atoms with Crippen LogP contribution in [0.15, 0.2) is 80.2 Å². The number of amidine groups is 1. The molecule has 2 aliphatic heterocycles. The maximum absolute atomic E-state index is 14.5. The zero-order chi connectivity index (χ0) is 30.1. The van der Waals surface area contributed by atoms with Gasteiger partial charge >= 0.3 is 5.97 Å². The summed E-state index contributed by atoms with van der Waals surface area (Å²) in [5.41, 5.74) is 1.01. The number of sulfonamides is 1. The van der Waals surface area contributed by atoms with E-state index in [1.165, 1.54) is 64.4 Å². The monoisotopic (exact) mass is 645 g/mol. The number of aliphatic imine (C=N–C) groups is 1. The normalized spacial score (nSPS) is 18.4. The Hall–Kier alpha value is -3.92. The Bertz CT molecular complexity index is 1800. The highest BCUT2D eigenvalue weighted by molar-refractivity contribution is 7.89. The molecular weight excluding hydrogens is 621 g/mol. The molecule has 16 heteroatoms. The van der Waals surface area contributed by atoms with Gasteiger partial charge in [0.05, 0.1) is 30.1 Å². The summed E-state index contributed by atoms with van der Waals surface area (Å²) in [7, 11) is -2.58. The maximum Gasteiger partial charge on any atom is 0.338 e. The molecule has 1 aromatic carbocycles. The van der Waals surface area contributed by atoms with Crippen LogP contribution < -0.4 is 5.32 Å². The third-order valence-electron chi connectivity index (χ3n) is 7.28. The van der Waals surface area contributed by atoms with Crippen LogP contribution in [-0.4, -0.2) is 64.5 Å². The number of hydrogen-bond acceptors (Lipinski definition) is 11. The van der Waals surface area contributed by atoms with E-state index in [1.54, 1.807) is 17.6 Å². The number of hydrogen-bond donors (Lipinski definition) is 1. The molecule has 43 heavy (non-hydrogen) atoms. The number of allylic oxidation sites excluding steroid dienone is 1. The number of nitrogens with one attached hydrogen (secondary N) is 1. The Kier molecular flexibility index (Phi) is 8.13. The number of ether oxygens (including phenoxy) is 1. The smallest absolute Gasteiger partial charge is 0.338 e. The minimum atomic E-state index is -3.84. The SMILES string of the molecule is COC(=O)C1=C(C2CCN(S(=O)(=O)c3cnn(Cc4ncco4)c3)CC2)NC(c2nccs2)=NC1c1cccc(F)c1Cl. The van der Waals surface area contributed by atoms with E-state index in [4.69, 9.17) is 25.7 Å². The predicted octanol–water partition coefficient (Wildman–Crippen LogP) is 3.79. The van der Waals surface area contributed by atoms with Crippen LogP contribution in [0.2, 0.25) is 5.02 Å². The van der Waals surface area contributed by atoms with Gasteiger partial charge in [-0.1, -0.05) is 23.7 Å². The summed E-state index contributed by atoms with van der Waals surface area (Å²) in [5.74, 6) is -0.758. The number of halogens is 2. The van der Waals surface area contributed by atoms with Crippen molar-refractivity contribution < 1.29 is 26.8 Å². The first-order chi connectivity index (χ1) is 20.8. The second kappa shape index (κ2) is 12.0. The summed E-state index contributed by atoms with van der Waals surface area (Å²) < 4.78 is 54.7. The fraction of sp³-hybridized carbons (Fsp3) is 0.296. The average Bonchev–Trinajstić information content (AvgIpc) is 3.82. The summed E-state index contributed by atoms with van der Waals surface area (Å²) >= 11 is 7.72. The molecule has 3 aromatic heterocycles. The minimum absolute atomic E-state index is 0.0572. The number of rotatable bonds is 8. The van der Waals surface area contributed by atoms with Crippen molar-refractivity contribution in [2.24, 2.45) is 10.9 Å². The van der Waals surface area contributed by atoms with Crippen molar-refractivity contribution in [3.8, 4) is 0 Å². The van der Waals surface area contributed by atoms with Gasteiger partial charge in [-0.3, -0.25) is 9.67 Å². The summed E-state index contributed by atoms with van der Waals surface area (Å²) in [6, 6.07) is 3.38. The van der Waals surface area contributed by atoms with Crippen molar-refractivity contribution in [3.63, 3.8) is 0 Å². The second-order valence-corrected chi connectivity index (χ2v) is 13.0.